The Morgan fingerprint density at radius 3 is 2.83 bits per heavy atom. The van der Waals surface area contributed by atoms with Gasteiger partial charge < -0.3 is 14.9 Å². The van der Waals surface area contributed by atoms with Crippen LogP contribution in [0.5, 0.6) is 0 Å². The van der Waals surface area contributed by atoms with Crippen molar-refractivity contribution in [2.75, 3.05) is 31.6 Å². The maximum absolute atomic E-state index is 12.4. The molecule has 0 radical (unpaired) electrons. The van der Waals surface area contributed by atoms with E-state index in [0.717, 1.165) is 13.0 Å². The number of carbonyl (C=O) groups excluding carboxylic acids is 1. The Morgan fingerprint density at radius 1 is 1.42 bits per heavy atom. The minimum atomic E-state index is -0.982. The smallest absolute Gasteiger partial charge is 0.256 e. The van der Waals surface area contributed by atoms with Crippen molar-refractivity contribution in [3.8, 4) is 0 Å². The molecule has 24 heavy (non-hydrogen) atoms. The highest BCUT2D eigenvalue weighted by molar-refractivity contribution is 5.93. The summed E-state index contributed by atoms with van der Waals surface area (Å²) in [5.41, 5.74) is -0.466. The molecule has 3 rings (SSSR count). The molecule has 0 unspecified atom stereocenters. The highest BCUT2D eigenvalue weighted by atomic mass is 16.3. The number of aromatic nitrogens is 4. The maximum Gasteiger partial charge on any atom is 0.256 e. The van der Waals surface area contributed by atoms with Crippen LogP contribution in [0.1, 0.15) is 23.2 Å². The van der Waals surface area contributed by atoms with Gasteiger partial charge in [-0.15, -0.1) is 0 Å². The summed E-state index contributed by atoms with van der Waals surface area (Å²) in [6, 6.07) is 1.76. The van der Waals surface area contributed by atoms with Gasteiger partial charge in [0.25, 0.3) is 5.91 Å². The molecular weight excluding hydrogens is 308 g/mol. The molecule has 8 nitrogen and oxygen atoms in total. The molecule has 0 aromatic carbocycles. The number of β-amino-alcohol motifs (C(OH)–C–C–N with tert-alkyl or cyclic N) is 1. The van der Waals surface area contributed by atoms with Crippen LogP contribution in [0.2, 0.25) is 0 Å². The van der Waals surface area contributed by atoms with E-state index in [4.69, 9.17) is 0 Å². The molecule has 0 spiro atoms. The van der Waals surface area contributed by atoms with Gasteiger partial charge in [0.15, 0.2) is 0 Å². The van der Waals surface area contributed by atoms with Gasteiger partial charge in [0.2, 0.25) is 5.95 Å². The quantitative estimate of drug-likeness (QED) is 0.868. The predicted molar refractivity (Wildman–Crippen MR) is 88.6 cm³/mol. The Balaban J connectivity index is 1.67. The van der Waals surface area contributed by atoms with Crippen molar-refractivity contribution in [2.24, 2.45) is 7.05 Å². The molecule has 3 heterocycles. The van der Waals surface area contributed by atoms with Crippen LogP contribution in [0.3, 0.4) is 0 Å². The molecule has 0 bridgehead atoms. The lowest BCUT2D eigenvalue weighted by Gasteiger charge is -2.41. The lowest BCUT2D eigenvalue weighted by atomic mass is 9.92. The summed E-state index contributed by atoms with van der Waals surface area (Å²) in [6.07, 6.45) is 8.05. The fourth-order valence-electron chi connectivity index (χ4n) is 3.13. The van der Waals surface area contributed by atoms with Crippen LogP contribution >= 0.6 is 0 Å². The van der Waals surface area contributed by atoms with Gasteiger partial charge >= 0.3 is 0 Å². The van der Waals surface area contributed by atoms with Gasteiger partial charge in [-0.05, 0) is 18.9 Å². The highest BCUT2D eigenvalue weighted by Gasteiger charge is 2.36. The minimum Gasteiger partial charge on any atom is -0.386 e. The first-order chi connectivity index (χ1) is 11.5. The average Bonchev–Trinajstić information content (AvgIpc) is 3.01. The van der Waals surface area contributed by atoms with E-state index in [0.29, 0.717) is 24.5 Å². The zero-order valence-corrected chi connectivity index (χ0v) is 14.0. The predicted octanol–water partition coefficient (Wildman–Crippen LogP) is 0.314. The number of anilines is 1. The number of aliphatic hydroxyl groups is 1. The first-order valence-electron chi connectivity index (χ1n) is 7.95. The standard InChI is InChI=1S/C16H22N6O2/c1-20(14(23)13-9-19-21(2)10-13)11-16(24)5-3-8-22(12-16)15-17-6-4-7-18-15/h4,6-7,9-10,24H,3,5,8,11-12H2,1-2H3/t16-/m1/s1. The van der Waals surface area contributed by atoms with Crippen molar-refractivity contribution < 1.29 is 9.90 Å². The number of hydrogen-bond acceptors (Lipinski definition) is 6. The van der Waals surface area contributed by atoms with Crippen LogP contribution in [0.25, 0.3) is 0 Å². The number of nitrogens with zero attached hydrogens (tertiary/aromatic N) is 6. The molecular formula is C16H22N6O2. The summed E-state index contributed by atoms with van der Waals surface area (Å²) in [5, 5.41) is 15.0. The average molecular weight is 330 g/mol. The van der Waals surface area contributed by atoms with E-state index in [1.165, 1.54) is 6.20 Å². The van der Waals surface area contributed by atoms with Crippen molar-refractivity contribution in [3.63, 3.8) is 0 Å². The molecule has 8 heteroatoms. The van der Waals surface area contributed by atoms with Gasteiger partial charge in [0.1, 0.15) is 0 Å². The first-order valence-corrected chi connectivity index (χ1v) is 7.95. The normalized spacial score (nSPS) is 20.9. The molecule has 1 N–H and O–H groups in total. The fraction of sp³-hybridized carbons (Fsp3) is 0.500. The summed E-state index contributed by atoms with van der Waals surface area (Å²) in [6.45, 7) is 1.46. The van der Waals surface area contributed by atoms with Gasteiger partial charge in [-0.3, -0.25) is 9.48 Å². The molecule has 1 aliphatic heterocycles. The molecule has 1 amide bonds. The zero-order chi connectivity index (χ0) is 17.2. The second-order valence-electron chi connectivity index (χ2n) is 6.36. The molecule has 1 fully saturated rings. The molecule has 1 aliphatic rings. The second kappa shape index (κ2) is 6.56. The molecule has 128 valence electrons. The van der Waals surface area contributed by atoms with E-state index in [-0.39, 0.29) is 12.5 Å². The van der Waals surface area contributed by atoms with E-state index in [9.17, 15) is 9.90 Å². The Bertz CT molecular complexity index is 704. The van der Waals surface area contributed by atoms with Crippen LogP contribution in [-0.4, -0.2) is 67.9 Å². The second-order valence-corrected chi connectivity index (χ2v) is 6.36. The van der Waals surface area contributed by atoms with Crippen molar-refractivity contribution >= 4 is 11.9 Å². The van der Waals surface area contributed by atoms with E-state index in [1.807, 2.05) is 4.90 Å². The summed E-state index contributed by atoms with van der Waals surface area (Å²) in [7, 11) is 3.47. The van der Waals surface area contributed by atoms with Crippen LogP contribution < -0.4 is 4.90 Å². The SMILES string of the molecule is CN(C[C@]1(O)CCCN(c2ncccn2)C1)C(=O)c1cnn(C)c1. The number of amides is 1. The largest absolute Gasteiger partial charge is 0.386 e. The van der Waals surface area contributed by atoms with E-state index in [2.05, 4.69) is 15.1 Å². The third-order valence-corrected chi connectivity index (χ3v) is 4.22. The van der Waals surface area contributed by atoms with E-state index < -0.39 is 5.60 Å². The van der Waals surface area contributed by atoms with Gasteiger partial charge in [0, 0.05) is 39.2 Å². The number of hydrogen-bond donors (Lipinski definition) is 1. The first kappa shape index (κ1) is 16.4. The number of carbonyl (C=O) groups is 1. The van der Waals surface area contributed by atoms with Crippen LogP contribution in [0.4, 0.5) is 5.95 Å². The molecule has 0 aliphatic carbocycles. The third-order valence-electron chi connectivity index (χ3n) is 4.22. The topological polar surface area (TPSA) is 87.4 Å². The zero-order valence-electron chi connectivity index (χ0n) is 14.0. The van der Waals surface area contributed by atoms with E-state index >= 15 is 0 Å². The summed E-state index contributed by atoms with van der Waals surface area (Å²) < 4.78 is 1.59. The Hall–Kier alpha value is -2.48. The minimum absolute atomic E-state index is 0.149. The van der Waals surface area contributed by atoms with Crippen molar-refractivity contribution in [3.05, 3.63) is 36.4 Å². The van der Waals surface area contributed by atoms with Gasteiger partial charge in [-0.25, -0.2) is 9.97 Å². The Kier molecular flexibility index (Phi) is 4.48. The van der Waals surface area contributed by atoms with Crippen LogP contribution in [0.15, 0.2) is 30.9 Å². The third kappa shape index (κ3) is 3.53. The molecule has 2 aromatic heterocycles. The Labute approximate surface area is 140 Å². The number of rotatable bonds is 4. The monoisotopic (exact) mass is 330 g/mol. The van der Waals surface area contributed by atoms with Gasteiger partial charge in [-0.1, -0.05) is 0 Å². The van der Waals surface area contributed by atoms with Crippen molar-refractivity contribution in [1.29, 1.82) is 0 Å². The molecule has 2 aromatic rings. The molecule has 0 saturated carbocycles. The fourth-order valence-corrected chi connectivity index (χ4v) is 3.13. The molecule has 1 saturated heterocycles. The summed E-state index contributed by atoms with van der Waals surface area (Å²) in [4.78, 5) is 24.5. The lowest BCUT2D eigenvalue weighted by molar-refractivity contribution is -0.000298. The number of piperidine rings is 1. The van der Waals surface area contributed by atoms with Crippen molar-refractivity contribution in [2.45, 2.75) is 18.4 Å². The van der Waals surface area contributed by atoms with Crippen molar-refractivity contribution in [1.82, 2.24) is 24.6 Å². The van der Waals surface area contributed by atoms with Crippen LogP contribution in [0, 0.1) is 0 Å². The number of likely N-dealkylation sites (N-methyl/N-ethyl adjacent to an activating group) is 1. The highest BCUT2D eigenvalue weighted by Crippen LogP contribution is 2.25. The number of aryl methyl sites for hydroxylation is 1. The lowest BCUT2D eigenvalue weighted by Crippen LogP contribution is -2.55. The summed E-state index contributed by atoms with van der Waals surface area (Å²) in [5.74, 6) is 0.460. The Morgan fingerprint density at radius 2 is 2.17 bits per heavy atom. The summed E-state index contributed by atoms with van der Waals surface area (Å²) >= 11 is 0. The van der Waals surface area contributed by atoms with Gasteiger partial charge in [-0.2, -0.15) is 5.10 Å². The molecule has 1 atom stereocenters. The van der Waals surface area contributed by atoms with E-state index in [1.54, 1.807) is 48.3 Å². The van der Waals surface area contributed by atoms with Crippen LogP contribution in [-0.2, 0) is 7.05 Å². The van der Waals surface area contributed by atoms with Gasteiger partial charge in [0.05, 0.1) is 30.5 Å². The maximum atomic E-state index is 12.4.